The molecule has 0 saturated carbocycles. The van der Waals surface area contributed by atoms with Crippen LogP contribution in [0, 0.1) is 5.82 Å². The van der Waals surface area contributed by atoms with E-state index in [9.17, 15) is 9.18 Å². The molecule has 0 spiro atoms. The Kier molecular flexibility index (Phi) is 5.40. The number of fused-ring (bicyclic) bond motifs is 1. The molecule has 0 radical (unpaired) electrons. The summed E-state index contributed by atoms with van der Waals surface area (Å²) in [4.78, 5) is 18.1. The zero-order valence-corrected chi connectivity index (χ0v) is 17.9. The van der Waals surface area contributed by atoms with Gasteiger partial charge in [0.15, 0.2) is 5.65 Å². The molecule has 33 heavy (non-hydrogen) atoms. The third kappa shape index (κ3) is 4.23. The van der Waals surface area contributed by atoms with E-state index in [1.165, 1.54) is 12.1 Å². The normalized spacial score (nSPS) is 11.9. The van der Waals surface area contributed by atoms with Gasteiger partial charge in [0.2, 0.25) is 0 Å². The molecule has 1 amide bonds. The van der Waals surface area contributed by atoms with Gasteiger partial charge in [0.1, 0.15) is 11.5 Å². The summed E-state index contributed by atoms with van der Waals surface area (Å²) in [5.74, 6) is -0.602. The second-order valence-corrected chi connectivity index (χ2v) is 7.80. The second kappa shape index (κ2) is 8.67. The summed E-state index contributed by atoms with van der Waals surface area (Å²) in [6.07, 6.45) is 0. The Morgan fingerprint density at radius 3 is 2.18 bits per heavy atom. The Morgan fingerprint density at radius 2 is 1.48 bits per heavy atom. The van der Waals surface area contributed by atoms with Crippen molar-refractivity contribution in [3.05, 3.63) is 114 Å². The number of amides is 1. The smallest absolute Gasteiger partial charge is 0.270 e. The number of aromatic nitrogens is 3. The number of hydrogen-bond acceptors (Lipinski definition) is 3. The van der Waals surface area contributed by atoms with E-state index in [2.05, 4.69) is 10.4 Å². The first-order valence-corrected chi connectivity index (χ1v) is 10.7. The van der Waals surface area contributed by atoms with Crippen molar-refractivity contribution >= 4 is 11.6 Å². The highest BCUT2D eigenvalue weighted by Crippen LogP contribution is 2.24. The van der Waals surface area contributed by atoms with Gasteiger partial charge in [0.05, 0.1) is 17.4 Å². The number of benzene rings is 3. The van der Waals surface area contributed by atoms with E-state index < -0.39 is 0 Å². The molecule has 162 valence electrons. The Hall–Kier alpha value is -4.32. The summed E-state index contributed by atoms with van der Waals surface area (Å²) in [7, 11) is 0. The zero-order chi connectivity index (χ0) is 22.8. The number of carbonyl (C=O) groups is 1. The van der Waals surface area contributed by atoms with Gasteiger partial charge >= 0.3 is 0 Å². The van der Waals surface area contributed by atoms with Gasteiger partial charge in [-0.25, -0.2) is 13.9 Å². The first-order chi connectivity index (χ1) is 16.1. The second-order valence-electron chi connectivity index (χ2n) is 7.80. The summed E-state index contributed by atoms with van der Waals surface area (Å²) in [5.41, 5.74) is 4.81. The van der Waals surface area contributed by atoms with Crippen LogP contribution in [0.3, 0.4) is 0 Å². The fraction of sp³-hybridized carbons (Fsp3) is 0.0741. The van der Waals surface area contributed by atoms with Crippen LogP contribution in [0.15, 0.2) is 97.1 Å². The summed E-state index contributed by atoms with van der Waals surface area (Å²) in [5, 5.41) is 7.72. The monoisotopic (exact) mass is 436 g/mol. The topological polar surface area (TPSA) is 59.3 Å². The van der Waals surface area contributed by atoms with Crippen LogP contribution in [0.1, 0.15) is 29.0 Å². The lowest BCUT2D eigenvalue weighted by Gasteiger charge is -2.15. The molecule has 1 atom stereocenters. The lowest BCUT2D eigenvalue weighted by atomic mass is 10.1. The van der Waals surface area contributed by atoms with E-state index in [-0.39, 0.29) is 17.8 Å². The number of hydrogen-bond donors (Lipinski definition) is 1. The molecule has 2 heterocycles. The molecule has 0 saturated heterocycles. The summed E-state index contributed by atoms with van der Waals surface area (Å²) in [6.45, 7) is 1.94. The van der Waals surface area contributed by atoms with Crippen molar-refractivity contribution in [1.29, 1.82) is 0 Å². The number of carbonyl (C=O) groups excluding carboxylic acids is 1. The standard InChI is InChI=1S/C27H21FN4O/c1-18(19-8-4-2-5-9-19)29-27(33)25-16-23(21-12-14-22(28)15-13-21)30-26-17-24(31-32(25)26)20-10-6-3-7-11-20/h2-18H,1H3,(H,29,33)/t18-/m1/s1. The molecule has 6 heteroatoms. The Bertz CT molecular complexity index is 1410. The Labute approximate surface area is 190 Å². The molecular weight excluding hydrogens is 415 g/mol. The maximum absolute atomic E-state index is 13.5. The fourth-order valence-electron chi connectivity index (χ4n) is 3.75. The average Bonchev–Trinajstić information content (AvgIpc) is 3.29. The van der Waals surface area contributed by atoms with Crippen LogP contribution in [0.2, 0.25) is 0 Å². The predicted molar refractivity (Wildman–Crippen MR) is 126 cm³/mol. The van der Waals surface area contributed by atoms with E-state index in [0.29, 0.717) is 28.3 Å². The third-order valence-electron chi connectivity index (χ3n) is 5.52. The maximum atomic E-state index is 13.5. The third-order valence-corrected chi connectivity index (χ3v) is 5.52. The summed E-state index contributed by atoms with van der Waals surface area (Å²) < 4.78 is 15.0. The van der Waals surface area contributed by atoms with Gasteiger partial charge in [-0.1, -0.05) is 60.7 Å². The molecule has 0 unspecified atom stereocenters. The summed E-state index contributed by atoms with van der Waals surface area (Å²) >= 11 is 0. The highest BCUT2D eigenvalue weighted by Gasteiger charge is 2.19. The fourth-order valence-corrected chi connectivity index (χ4v) is 3.75. The average molecular weight is 436 g/mol. The Morgan fingerprint density at radius 1 is 0.848 bits per heavy atom. The van der Waals surface area contributed by atoms with E-state index in [1.807, 2.05) is 73.7 Å². The highest BCUT2D eigenvalue weighted by atomic mass is 19.1. The minimum atomic E-state index is -0.329. The maximum Gasteiger partial charge on any atom is 0.270 e. The van der Waals surface area contributed by atoms with Crippen LogP contribution < -0.4 is 5.32 Å². The van der Waals surface area contributed by atoms with E-state index in [0.717, 1.165) is 11.1 Å². The minimum Gasteiger partial charge on any atom is -0.344 e. The zero-order valence-electron chi connectivity index (χ0n) is 17.9. The van der Waals surface area contributed by atoms with Crippen LogP contribution in [0.4, 0.5) is 4.39 Å². The van der Waals surface area contributed by atoms with Crippen molar-refractivity contribution in [3.63, 3.8) is 0 Å². The number of rotatable bonds is 5. The van der Waals surface area contributed by atoms with Gasteiger partial charge in [0, 0.05) is 17.2 Å². The Balaban J connectivity index is 1.60. The van der Waals surface area contributed by atoms with Crippen molar-refractivity contribution in [1.82, 2.24) is 19.9 Å². The van der Waals surface area contributed by atoms with Crippen LogP contribution in [0.25, 0.3) is 28.2 Å². The SMILES string of the molecule is C[C@@H](NC(=O)c1cc(-c2ccc(F)cc2)nc2cc(-c3ccccc3)nn12)c1ccccc1. The molecular formula is C27H21FN4O. The lowest BCUT2D eigenvalue weighted by molar-refractivity contribution is 0.0932. The molecule has 0 aliphatic heterocycles. The van der Waals surface area contributed by atoms with Crippen LogP contribution in [0.5, 0.6) is 0 Å². The number of nitrogens with one attached hydrogen (secondary N) is 1. The van der Waals surface area contributed by atoms with Crippen molar-refractivity contribution in [3.8, 4) is 22.5 Å². The molecule has 3 aromatic carbocycles. The minimum absolute atomic E-state index is 0.194. The molecule has 5 rings (SSSR count). The molecule has 0 aliphatic rings. The largest absolute Gasteiger partial charge is 0.344 e. The van der Waals surface area contributed by atoms with Gasteiger partial charge in [-0.15, -0.1) is 0 Å². The van der Waals surface area contributed by atoms with Gasteiger partial charge in [-0.2, -0.15) is 5.10 Å². The molecule has 1 N–H and O–H groups in total. The molecule has 2 aromatic heterocycles. The molecule has 0 fully saturated rings. The lowest BCUT2D eigenvalue weighted by Crippen LogP contribution is -2.28. The van der Waals surface area contributed by atoms with E-state index in [4.69, 9.17) is 4.98 Å². The van der Waals surface area contributed by atoms with Gasteiger partial charge in [0.25, 0.3) is 5.91 Å². The van der Waals surface area contributed by atoms with Gasteiger partial charge in [-0.3, -0.25) is 4.79 Å². The van der Waals surface area contributed by atoms with E-state index >= 15 is 0 Å². The summed E-state index contributed by atoms with van der Waals surface area (Å²) in [6, 6.07) is 28.9. The first-order valence-electron chi connectivity index (χ1n) is 10.7. The van der Waals surface area contributed by atoms with Crippen molar-refractivity contribution < 1.29 is 9.18 Å². The van der Waals surface area contributed by atoms with Crippen LogP contribution in [-0.4, -0.2) is 20.5 Å². The molecule has 5 aromatic rings. The number of nitrogens with zero attached hydrogens (tertiary/aromatic N) is 3. The van der Waals surface area contributed by atoms with Crippen molar-refractivity contribution in [2.45, 2.75) is 13.0 Å². The van der Waals surface area contributed by atoms with E-state index in [1.54, 1.807) is 22.7 Å². The molecule has 0 bridgehead atoms. The van der Waals surface area contributed by atoms with Crippen LogP contribution in [-0.2, 0) is 0 Å². The highest BCUT2D eigenvalue weighted by molar-refractivity contribution is 5.94. The number of halogens is 1. The quantitative estimate of drug-likeness (QED) is 0.385. The van der Waals surface area contributed by atoms with Crippen LogP contribution >= 0.6 is 0 Å². The van der Waals surface area contributed by atoms with Crippen molar-refractivity contribution in [2.24, 2.45) is 0 Å². The predicted octanol–water partition coefficient (Wildman–Crippen LogP) is 5.69. The molecule has 0 aliphatic carbocycles. The van der Waals surface area contributed by atoms with Crippen molar-refractivity contribution in [2.75, 3.05) is 0 Å². The molecule has 5 nitrogen and oxygen atoms in total. The van der Waals surface area contributed by atoms with Gasteiger partial charge < -0.3 is 5.32 Å². The van der Waals surface area contributed by atoms with Gasteiger partial charge in [-0.05, 0) is 42.8 Å². The first kappa shape index (κ1) is 20.6.